The van der Waals surface area contributed by atoms with Crippen molar-refractivity contribution in [3.63, 3.8) is 0 Å². The maximum absolute atomic E-state index is 11.5. The number of pyridine rings is 1. The maximum Gasteiger partial charge on any atom is 0.198 e. The molecule has 0 unspecified atom stereocenters. The smallest absolute Gasteiger partial charge is 0.198 e. The molecule has 0 atom stereocenters. The lowest BCUT2D eigenvalue weighted by molar-refractivity contribution is 0.0852. The highest BCUT2D eigenvalue weighted by Gasteiger charge is 2.09. The van der Waals surface area contributed by atoms with Gasteiger partial charge in [0, 0.05) is 29.6 Å². The van der Waals surface area contributed by atoms with Crippen molar-refractivity contribution in [3.8, 4) is 0 Å². The molecule has 4 heteroatoms. The number of rotatable bonds is 3. The van der Waals surface area contributed by atoms with Crippen LogP contribution < -0.4 is 0 Å². The topological polar surface area (TPSA) is 39.2 Å². The van der Waals surface area contributed by atoms with E-state index < -0.39 is 0 Å². The largest absolute Gasteiger partial charge is 0.376 e. The maximum atomic E-state index is 11.5. The summed E-state index contributed by atoms with van der Waals surface area (Å²) in [4.78, 5) is 16.2. The Morgan fingerprint density at radius 1 is 1.64 bits per heavy atom. The summed E-state index contributed by atoms with van der Waals surface area (Å²) in [5.74, 6) is 0.0219. The molecule has 0 radical (unpaired) electrons. The Morgan fingerprint density at radius 3 is 3.21 bits per heavy atom. The predicted molar refractivity (Wildman–Crippen MR) is 55.8 cm³/mol. The summed E-state index contributed by atoms with van der Waals surface area (Å²) in [5.41, 5.74) is 0. The number of ether oxygens (including phenoxy) is 1. The molecule has 0 fully saturated rings. The number of Topliss-reactive ketones (excluding diaryl/α,β-unsaturated/α-hetero) is 1. The van der Waals surface area contributed by atoms with Crippen molar-refractivity contribution < 1.29 is 9.53 Å². The second-order valence-corrected chi connectivity index (χ2v) is 3.96. The van der Waals surface area contributed by atoms with Gasteiger partial charge in [0.1, 0.15) is 6.61 Å². The van der Waals surface area contributed by atoms with Gasteiger partial charge in [-0.2, -0.15) is 0 Å². The van der Waals surface area contributed by atoms with E-state index in [9.17, 15) is 4.79 Å². The summed E-state index contributed by atoms with van der Waals surface area (Å²) < 4.78 is 5.88. The number of carbonyl (C=O) groups is 1. The van der Waals surface area contributed by atoms with Crippen LogP contribution in [0.4, 0.5) is 0 Å². The van der Waals surface area contributed by atoms with Gasteiger partial charge < -0.3 is 4.74 Å². The van der Waals surface area contributed by atoms with Crippen molar-refractivity contribution >= 4 is 27.2 Å². The minimum absolute atomic E-state index is 0.0219. The molecule has 3 nitrogen and oxygen atoms in total. The molecule has 0 amide bonds. The minimum Gasteiger partial charge on any atom is -0.376 e. The van der Waals surface area contributed by atoms with Crippen LogP contribution in [0.3, 0.4) is 0 Å². The average molecular weight is 207 g/mol. The monoisotopic (exact) mass is 207 g/mol. The number of aromatic nitrogens is 1. The second-order valence-electron chi connectivity index (χ2n) is 2.88. The predicted octanol–water partition coefficient (Wildman–Crippen LogP) is 2.13. The summed E-state index contributed by atoms with van der Waals surface area (Å²) in [6.07, 6.45) is 3.48. The molecular formula is C10H9NO2S. The van der Waals surface area contributed by atoms with E-state index in [0.717, 1.165) is 15.0 Å². The quantitative estimate of drug-likeness (QED) is 0.724. The van der Waals surface area contributed by atoms with Gasteiger partial charge in [0.25, 0.3) is 0 Å². The van der Waals surface area contributed by atoms with Gasteiger partial charge in [0.05, 0.1) is 4.88 Å². The molecule has 72 valence electrons. The molecule has 0 aliphatic rings. The van der Waals surface area contributed by atoms with Gasteiger partial charge in [-0.1, -0.05) is 0 Å². The summed E-state index contributed by atoms with van der Waals surface area (Å²) in [6.45, 7) is 0.139. The summed E-state index contributed by atoms with van der Waals surface area (Å²) in [5, 5.41) is 1.01. The van der Waals surface area contributed by atoms with Crippen molar-refractivity contribution in [1.82, 2.24) is 4.98 Å². The molecule has 0 N–H and O–H groups in total. The molecule has 0 aliphatic carbocycles. The van der Waals surface area contributed by atoms with Crippen molar-refractivity contribution in [1.29, 1.82) is 0 Å². The van der Waals surface area contributed by atoms with Gasteiger partial charge in [0.15, 0.2) is 5.78 Å². The number of hydrogen-bond donors (Lipinski definition) is 0. The summed E-state index contributed by atoms with van der Waals surface area (Å²) in [7, 11) is 1.52. The molecule has 0 spiro atoms. The number of hydrogen-bond acceptors (Lipinski definition) is 4. The van der Waals surface area contributed by atoms with Crippen LogP contribution in [-0.2, 0) is 4.74 Å². The average Bonchev–Trinajstić information content (AvgIpc) is 2.61. The molecule has 2 aromatic heterocycles. The van der Waals surface area contributed by atoms with Gasteiger partial charge in [-0.3, -0.25) is 9.78 Å². The van der Waals surface area contributed by atoms with Gasteiger partial charge in [-0.15, -0.1) is 11.3 Å². The first-order chi connectivity index (χ1) is 6.81. The zero-order valence-electron chi connectivity index (χ0n) is 7.69. The van der Waals surface area contributed by atoms with Crippen LogP contribution in [0.15, 0.2) is 24.5 Å². The van der Waals surface area contributed by atoms with Gasteiger partial charge in [-0.25, -0.2) is 0 Å². The fourth-order valence-electron chi connectivity index (χ4n) is 1.22. The fourth-order valence-corrected chi connectivity index (χ4v) is 2.18. The zero-order chi connectivity index (χ0) is 9.97. The minimum atomic E-state index is 0.0219. The first-order valence-corrected chi connectivity index (χ1v) is 4.98. The number of fused-ring (bicyclic) bond motifs is 1. The van der Waals surface area contributed by atoms with Gasteiger partial charge >= 0.3 is 0 Å². The third-order valence-electron chi connectivity index (χ3n) is 1.87. The van der Waals surface area contributed by atoms with Crippen LogP contribution in [0.5, 0.6) is 0 Å². The highest BCUT2D eigenvalue weighted by Crippen LogP contribution is 2.24. The van der Waals surface area contributed by atoms with E-state index in [1.54, 1.807) is 12.4 Å². The van der Waals surface area contributed by atoms with Crippen molar-refractivity contribution in [2.24, 2.45) is 0 Å². The molecule has 0 saturated carbocycles. The zero-order valence-corrected chi connectivity index (χ0v) is 8.50. The third kappa shape index (κ3) is 1.66. The number of methoxy groups -OCH3 is 1. The molecular weight excluding hydrogens is 198 g/mol. The van der Waals surface area contributed by atoms with Gasteiger partial charge in [-0.05, 0) is 12.1 Å². The van der Waals surface area contributed by atoms with Crippen LogP contribution in [0.2, 0.25) is 0 Å². The molecule has 0 aliphatic heterocycles. The molecule has 2 rings (SSSR count). The number of carbonyl (C=O) groups excluding carboxylic acids is 1. The lowest BCUT2D eigenvalue weighted by Crippen LogP contribution is -2.04. The van der Waals surface area contributed by atoms with Crippen LogP contribution in [0.25, 0.3) is 10.1 Å². The van der Waals surface area contributed by atoms with Crippen LogP contribution >= 0.6 is 11.3 Å². The molecule has 0 aromatic carbocycles. The lowest BCUT2D eigenvalue weighted by Gasteiger charge is -1.92. The SMILES string of the molecule is COCC(=O)c1cc2cnccc2s1. The Labute approximate surface area is 85.3 Å². The highest BCUT2D eigenvalue weighted by atomic mass is 32.1. The van der Waals surface area contributed by atoms with Crippen molar-refractivity contribution in [2.75, 3.05) is 13.7 Å². The summed E-state index contributed by atoms with van der Waals surface area (Å²) >= 11 is 1.48. The first-order valence-electron chi connectivity index (χ1n) is 4.17. The third-order valence-corrected chi connectivity index (χ3v) is 3.02. The standard InChI is InChI=1S/C10H9NO2S/c1-13-6-8(12)10-4-7-5-11-3-2-9(7)14-10/h2-5H,6H2,1H3. The van der Waals surface area contributed by atoms with E-state index in [2.05, 4.69) is 4.98 Å². The Kier molecular flexibility index (Phi) is 2.56. The van der Waals surface area contributed by atoms with Crippen LogP contribution in [0, 0.1) is 0 Å². The Hall–Kier alpha value is -1.26. The van der Waals surface area contributed by atoms with Crippen molar-refractivity contribution in [3.05, 3.63) is 29.4 Å². The number of ketones is 1. The van der Waals surface area contributed by atoms with Crippen LogP contribution in [0.1, 0.15) is 9.67 Å². The molecule has 0 saturated heterocycles. The fraction of sp³-hybridized carbons (Fsp3) is 0.200. The van der Waals surface area contributed by atoms with Crippen molar-refractivity contribution in [2.45, 2.75) is 0 Å². The van der Waals surface area contributed by atoms with E-state index >= 15 is 0 Å². The first kappa shape index (κ1) is 9.30. The van der Waals surface area contributed by atoms with E-state index in [1.807, 2.05) is 12.1 Å². The molecule has 14 heavy (non-hydrogen) atoms. The Bertz CT molecular complexity index is 431. The van der Waals surface area contributed by atoms with Crippen LogP contribution in [-0.4, -0.2) is 24.5 Å². The highest BCUT2D eigenvalue weighted by molar-refractivity contribution is 7.20. The van der Waals surface area contributed by atoms with E-state index in [0.29, 0.717) is 0 Å². The molecule has 2 heterocycles. The number of thiophene rings is 1. The summed E-state index contributed by atoms with van der Waals surface area (Å²) in [6, 6.07) is 3.76. The van der Waals surface area contributed by atoms with E-state index in [1.165, 1.54) is 18.4 Å². The second kappa shape index (κ2) is 3.86. The van der Waals surface area contributed by atoms with E-state index in [4.69, 9.17) is 4.74 Å². The molecule has 0 bridgehead atoms. The molecule has 2 aromatic rings. The Morgan fingerprint density at radius 2 is 2.50 bits per heavy atom. The normalized spacial score (nSPS) is 10.6. The Balaban J connectivity index is 2.40. The van der Waals surface area contributed by atoms with E-state index in [-0.39, 0.29) is 12.4 Å². The lowest BCUT2D eigenvalue weighted by atomic mass is 10.3. The van der Waals surface area contributed by atoms with Gasteiger partial charge in [0.2, 0.25) is 0 Å². The number of nitrogens with zero attached hydrogens (tertiary/aromatic N) is 1.